The lowest BCUT2D eigenvalue weighted by Gasteiger charge is -2.28. The van der Waals surface area contributed by atoms with Gasteiger partial charge in [-0.3, -0.25) is 0 Å². The fourth-order valence-electron chi connectivity index (χ4n) is 1.37. The van der Waals surface area contributed by atoms with E-state index in [1.807, 2.05) is 0 Å². The molecule has 2 N–H and O–H groups in total. The smallest absolute Gasteiger partial charge is 0.0355 e. The molecule has 1 nitrogen and oxygen atoms in total. The van der Waals surface area contributed by atoms with E-state index in [1.165, 1.54) is 11.1 Å². The third kappa shape index (κ3) is 2.58. The molecule has 0 unspecified atom stereocenters. The van der Waals surface area contributed by atoms with Gasteiger partial charge in [-0.25, -0.2) is 0 Å². The maximum Gasteiger partial charge on any atom is 0.0355 e. The molecule has 0 aliphatic rings. The lowest BCUT2D eigenvalue weighted by molar-refractivity contribution is 0.326. The molecule has 0 aliphatic carbocycles. The highest BCUT2D eigenvalue weighted by Crippen LogP contribution is 2.34. The summed E-state index contributed by atoms with van der Waals surface area (Å²) < 4.78 is 1.10. The van der Waals surface area contributed by atoms with Crippen LogP contribution in [0.3, 0.4) is 0 Å². The van der Waals surface area contributed by atoms with Gasteiger partial charge < -0.3 is 5.73 Å². The van der Waals surface area contributed by atoms with E-state index in [9.17, 15) is 0 Å². The van der Waals surface area contributed by atoms with Crippen LogP contribution in [0, 0.1) is 12.3 Å². The summed E-state index contributed by atoms with van der Waals surface area (Å²) in [5, 5.41) is 0. The number of rotatable bonds is 1. The molecule has 0 heterocycles. The van der Waals surface area contributed by atoms with Crippen LogP contribution < -0.4 is 5.73 Å². The van der Waals surface area contributed by atoms with Gasteiger partial charge >= 0.3 is 0 Å². The summed E-state index contributed by atoms with van der Waals surface area (Å²) in [5.41, 5.74) is 8.75. The highest BCUT2D eigenvalue weighted by Gasteiger charge is 2.23. The fraction of sp³-hybridized carbons (Fsp3) is 0.500. The zero-order valence-electron chi connectivity index (χ0n) is 9.26. The first-order valence-corrected chi connectivity index (χ1v) is 5.63. The van der Waals surface area contributed by atoms with Crippen molar-refractivity contribution in [2.75, 3.05) is 0 Å². The predicted octanol–water partition coefficient (Wildman–Crippen LogP) is 3.80. The molecular formula is C12H18BrN. The Labute approximate surface area is 94.8 Å². The zero-order valence-corrected chi connectivity index (χ0v) is 10.9. The van der Waals surface area contributed by atoms with Crippen LogP contribution in [-0.2, 0) is 0 Å². The maximum atomic E-state index is 6.21. The van der Waals surface area contributed by atoms with E-state index in [-0.39, 0.29) is 11.5 Å². The molecule has 0 saturated heterocycles. The van der Waals surface area contributed by atoms with E-state index in [0.717, 1.165) is 4.47 Å². The normalized spacial score (nSPS) is 14.1. The van der Waals surface area contributed by atoms with Crippen LogP contribution in [0.4, 0.5) is 0 Å². The highest BCUT2D eigenvalue weighted by molar-refractivity contribution is 9.10. The second-order valence-corrected chi connectivity index (χ2v) is 5.72. The quantitative estimate of drug-likeness (QED) is 0.812. The van der Waals surface area contributed by atoms with Crippen LogP contribution in [0.5, 0.6) is 0 Å². The molecule has 1 aromatic carbocycles. The van der Waals surface area contributed by atoms with Crippen molar-refractivity contribution in [2.24, 2.45) is 11.1 Å². The summed E-state index contributed by atoms with van der Waals surface area (Å²) in [7, 11) is 0. The zero-order chi connectivity index (χ0) is 10.9. The van der Waals surface area contributed by atoms with Gasteiger partial charge in [-0.2, -0.15) is 0 Å². The van der Waals surface area contributed by atoms with Crippen molar-refractivity contribution in [2.45, 2.75) is 33.7 Å². The molecule has 0 amide bonds. The molecule has 14 heavy (non-hydrogen) atoms. The Kier molecular flexibility index (Phi) is 3.38. The molecule has 0 radical (unpaired) electrons. The van der Waals surface area contributed by atoms with Crippen molar-refractivity contribution >= 4 is 15.9 Å². The number of benzene rings is 1. The number of hydrogen-bond donors (Lipinski definition) is 1. The van der Waals surface area contributed by atoms with Crippen LogP contribution in [0.2, 0.25) is 0 Å². The summed E-state index contributed by atoms with van der Waals surface area (Å²) in [6.45, 7) is 8.57. The van der Waals surface area contributed by atoms with Gasteiger partial charge in [0.1, 0.15) is 0 Å². The van der Waals surface area contributed by atoms with Crippen LogP contribution >= 0.6 is 15.9 Å². The van der Waals surface area contributed by atoms with Gasteiger partial charge in [0.05, 0.1) is 0 Å². The minimum Gasteiger partial charge on any atom is -0.323 e. The Morgan fingerprint density at radius 1 is 1.29 bits per heavy atom. The predicted molar refractivity (Wildman–Crippen MR) is 65.3 cm³/mol. The fourth-order valence-corrected chi connectivity index (χ4v) is 1.86. The summed E-state index contributed by atoms with van der Waals surface area (Å²) in [6, 6.07) is 6.37. The van der Waals surface area contributed by atoms with E-state index in [4.69, 9.17) is 5.73 Å². The molecule has 0 saturated carbocycles. The van der Waals surface area contributed by atoms with Crippen LogP contribution in [0.25, 0.3) is 0 Å². The number of halogens is 1. The highest BCUT2D eigenvalue weighted by atomic mass is 79.9. The van der Waals surface area contributed by atoms with E-state index in [0.29, 0.717) is 0 Å². The first-order chi connectivity index (χ1) is 6.32. The molecule has 0 aromatic heterocycles. The molecule has 0 aliphatic heterocycles. The van der Waals surface area contributed by atoms with Gasteiger partial charge in [0.25, 0.3) is 0 Å². The monoisotopic (exact) mass is 255 g/mol. The molecule has 2 heteroatoms. The summed E-state index contributed by atoms with van der Waals surface area (Å²) in [4.78, 5) is 0. The number of aryl methyl sites for hydroxylation is 1. The Balaban J connectivity index is 3.12. The summed E-state index contributed by atoms with van der Waals surface area (Å²) in [6.07, 6.45) is 0. The molecule has 0 bridgehead atoms. The number of hydrogen-bond acceptors (Lipinski definition) is 1. The maximum absolute atomic E-state index is 6.21. The van der Waals surface area contributed by atoms with Gasteiger partial charge in [0.2, 0.25) is 0 Å². The lowest BCUT2D eigenvalue weighted by Crippen LogP contribution is -2.26. The van der Waals surface area contributed by atoms with Crippen molar-refractivity contribution in [3.63, 3.8) is 0 Å². The van der Waals surface area contributed by atoms with Gasteiger partial charge in [0.15, 0.2) is 0 Å². The lowest BCUT2D eigenvalue weighted by atomic mass is 9.83. The molecule has 1 rings (SSSR count). The van der Waals surface area contributed by atoms with Crippen molar-refractivity contribution in [1.29, 1.82) is 0 Å². The van der Waals surface area contributed by atoms with Crippen molar-refractivity contribution in [1.82, 2.24) is 0 Å². The first-order valence-electron chi connectivity index (χ1n) is 4.84. The van der Waals surface area contributed by atoms with E-state index in [1.54, 1.807) is 0 Å². The Morgan fingerprint density at radius 2 is 1.86 bits per heavy atom. The van der Waals surface area contributed by atoms with Crippen LogP contribution in [0.1, 0.15) is 37.9 Å². The molecule has 0 fully saturated rings. The summed E-state index contributed by atoms with van der Waals surface area (Å²) in [5.74, 6) is 0. The molecular weight excluding hydrogens is 238 g/mol. The van der Waals surface area contributed by atoms with Gasteiger partial charge in [-0.1, -0.05) is 54.4 Å². The largest absolute Gasteiger partial charge is 0.323 e. The average molecular weight is 256 g/mol. The van der Waals surface area contributed by atoms with E-state index >= 15 is 0 Å². The second kappa shape index (κ2) is 4.03. The SMILES string of the molecule is Cc1ccc(Br)c([C@@H](N)C(C)(C)C)c1. The van der Waals surface area contributed by atoms with Crippen molar-refractivity contribution < 1.29 is 0 Å². The second-order valence-electron chi connectivity index (χ2n) is 4.87. The average Bonchev–Trinajstić information content (AvgIpc) is 2.06. The third-order valence-electron chi connectivity index (χ3n) is 2.42. The minimum atomic E-state index is 0.0665. The third-order valence-corrected chi connectivity index (χ3v) is 3.14. The first kappa shape index (κ1) is 11.7. The number of nitrogens with two attached hydrogens (primary N) is 1. The van der Waals surface area contributed by atoms with Crippen LogP contribution in [-0.4, -0.2) is 0 Å². The van der Waals surface area contributed by atoms with Gasteiger partial charge in [0, 0.05) is 10.5 Å². The van der Waals surface area contributed by atoms with Crippen LogP contribution in [0.15, 0.2) is 22.7 Å². The van der Waals surface area contributed by atoms with Gasteiger partial charge in [-0.05, 0) is 24.0 Å². The molecule has 78 valence electrons. The Bertz CT molecular complexity index is 326. The Hall–Kier alpha value is -0.340. The molecule has 1 aromatic rings. The van der Waals surface area contributed by atoms with Crippen molar-refractivity contribution in [3.8, 4) is 0 Å². The topological polar surface area (TPSA) is 26.0 Å². The van der Waals surface area contributed by atoms with E-state index < -0.39 is 0 Å². The Morgan fingerprint density at radius 3 is 2.36 bits per heavy atom. The van der Waals surface area contributed by atoms with Crippen molar-refractivity contribution in [3.05, 3.63) is 33.8 Å². The standard InChI is InChI=1S/C12H18BrN/c1-8-5-6-10(13)9(7-8)11(14)12(2,3)4/h5-7,11H,14H2,1-4H3/t11-/m1/s1. The molecule has 0 spiro atoms. The minimum absolute atomic E-state index is 0.0665. The summed E-state index contributed by atoms with van der Waals surface area (Å²) >= 11 is 3.54. The molecule has 1 atom stereocenters. The van der Waals surface area contributed by atoms with Gasteiger partial charge in [-0.15, -0.1) is 0 Å². The van der Waals surface area contributed by atoms with E-state index in [2.05, 4.69) is 61.8 Å².